The number of rotatable bonds is 11. The van der Waals surface area contributed by atoms with E-state index in [1.165, 1.54) is 7.11 Å². The van der Waals surface area contributed by atoms with Crippen LogP contribution in [0.15, 0.2) is 48.5 Å². The van der Waals surface area contributed by atoms with E-state index in [4.69, 9.17) is 20.6 Å². The molecule has 0 saturated carbocycles. The number of hydrogen-bond acceptors (Lipinski definition) is 6. The van der Waals surface area contributed by atoms with Crippen molar-refractivity contribution in [2.45, 2.75) is 25.8 Å². The Bertz CT molecular complexity index is 977. The molecule has 0 radical (unpaired) electrons. The number of benzene rings is 2. The minimum atomic E-state index is -0.694. The summed E-state index contributed by atoms with van der Waals surface area (Å²) in [5.74, 6) is -0.294. The number of ether oxygens (including phenoxy) is 2. The first kappa shape index (κ1) is 25.2. The van der Waals surface area contributed by atoms with Crippen LogP contribution in [-0.2, 0) is 14.3 Å². The molecule has 33 heavy (non-hydrogen) atoms. The smallest absolute Gasteiger partial charge is 0.319 e. The Labute approximate surface area is 192 Å². The fourth-order valence-corrected chi connectivity index (χ4v) is 3.05. The summed E-state index contributed by atoms with van der Waals surface area (Å²) in [5.41, 5.74) is 7.10. The number of nitrogen functional groups attached to an aromatic ring is 1. The van der Waals surface area contributed by atoms with E-state index in [0.29, 0.717) is 22.6 Å². The lowest BCUT2D eigenvalue weighted by Crippen LogP contribution is -2.36. The molecule has 10 nitrogen and oxygen atoms in total. The molecule has 0 aliphatic carbocycles. The van der Waals surface area contributed by atoms with Crippen molar-refractivity contribution in [2.75, 3.05) is 25.6 Å². The van der Waals surface area contributed by atoms with Crippen molar-refractivity contribution < 1.29 is 23.9 Å². The van der Waals surface area contributed by atoms with E-state index >= 15 is 0 Å². The number of amidine groups is 1. The molecule has 1 atom stereocenters. The zero-order valence-electron chi connectivity index (χ0n) is 18.6. The van der Waals surface area contributed by atoms with E-state index in [0.717, 1.165) is 0 Å². The topological polar surface area (TPSA) is 156 Å². The van der Waals surface area contributed by atoms with Gasteiger partial charge in [-0.25, -0.2) is 4.79 Å². The summed E-state index contributed by atoms with van der Waals surface area (Å²) in [7, 11) is 1.51. The highest BCUT2D eigenvalue weighted by atomic mass is 16.5. The molecule has 0 fully saturated rings. The molecule has 0 aliphatic heterocycles. The van der Waals surface area contributed by atoms with Crippen LogP contribution in [0.5, 0.6) is 5.75 Å². The van der Waals surface area contributed by atoms with Crippen LogP contribution in [-0.4, -0.2) is 44.0 Å². The maximum atomic E-state index is 12.6. The SMILES string of the molecule is CCOC(=O)CCNC(=O)CC(NC(=O)Nc1ccc(C(=N)N)cc1)c1ccccc1OC. The third kappa shape index (κ3) is 8.17. The Morgan fingerprint density at radius 2 is 1.79 bits per heavy atom. The molecule has 6 N–H and O–H groups in total. The standard InChI is InChI=1S/C23H29N5O5/c1-3-33-21(30)12-13-26-20(29)14-18(17-6-4-5-7-19(17)32-2)28-23(31)27-16-10-8-15(9-11-16)22(24)25/h4-11,18H,3,12-14H2,1-2H3,(H3,24,25)(H,26,29)(H2,27,28,31). The minimum absolute atomic E-state index is 0.0586. The van der Waals surface area contributed by atoms with Crippen LogP contribution in [0.25, 0.3) is 0 Å². The van der Waals surface area contributed by atoms with Gasteiger partial charge in [0.2, 0.25) is 5.91 Å². The maximum Gasteiger partial charge on any atom is 0.319 e. The summed E-state index contributed by atoms with van der Waals surface area (Å²) in [4.78, 5) is 36.6. The highest BCUT2D eigenvalue weighted by Gasteiger charge is 2.22. The lowest BCUT2D eigenvalue weighted by atomic mass is 10.0. The summed E-state index contributed by atoms with van der Waals surface area (Å²) in [6.45, 7) is 2.12. The number of carbonyl (C=O) groups is 3. The van der Waals surface area contributed by atoms with Gasteiger partial charge in [-0.1, -0.05) is 18.2 Å². The number of anilines is 1. The molecule has 2 aromatic carbocycles. The van der Waals surface area contributed by atoms with E-state index in [1.807, 2.05) is 0 Å². The van der Waals surface area contributed by atoms with Gasteiger partial charge in [0.1, 0.15) is 11.6 Å². The van der Waals surface area contributed by atoms with Gasteiger partial charge in [0.25, 0.3) is 0 Å². The number of urea groups is 1. The molecule has 10 heteroatoms. The van der Waals surface area contributed by atoms with Crippen molar-refractivity contribution in [3.63, 3.8) is 0 Å². The van der Waals surface area contributed by atoms with Gasteiger partial charge in [0.05, 0.1) is 32.6 Å². The molecule has 2 rings (SSSR count). The Balaban J connectivity index is 2.07. The Kier molecular flexibility index (Phi) is 9.69. The number of nitrogens with one attached hydrogen (secondary N) is 4. The Morgan fingerprint density at radius 1 is 1.09 bits per heavy atom. The normalized spacial score (nSPS) is 11.1. The number of esters is 1. The largest absolute Gasteiger partial charge is 0.496 e. The first-order valence-corrected chi connectivity index (χ1v) is 10.4. The third-order valence-electron chi connectivity index (χ3n) is 4.62. The average molecular weight is 456 g/mol. The number of hydrogen-bond donors (Lipinski definition) is 5. The summed E-state index contributed by atoms with van der Waals surface area (Å²) < 4.78 is 10.2. The Hall–Kier alpha value is -4.08. The first-order valence-electron chi connectivity index (χ1n) is 10.4. The Morgan fingerprint density at radius 3 is 2.42 bits per heavy atom. The molecule has 0 aromatic heterocycles. The van der Waals surface area contributed by atoms with Crippen LogP contribution >= 0.6 is 0 Å². The number of para-hydroxylation sites is 1. The molecule has 1 unspecified atom stereocenters. The summed E-state index contributed by atoms with van der Waals surface area (Å²) in [6, 6.07) is 12.3. The van der Waals surface area contributed by atoms with Gasteiger partial charge >= 0.3 is 12.0 Å². The van der Waals surface area contributed by atoms with Crippen molar-refractivity contribution in [1.29, 1.82) is 5.41 Å². The molecule has 0 aliphatic rings. The van der Waals surface area contributed by atoms with E-state index in [-0.39, 0.29) is 37.7 Å². The molecule has 2 aromatic rings. The molecule has 0 saturated heterocycles. The van der Waals surface area contributed by atoms with Crippen molar-refractivity contribution in [3.05, 3.63) is 59.7 Å². The predicted octanol–water partition coefficient (Wildman–Crippen LogP) is 2.30. The van der Waals surface area contributed by atoms with Crippen LogP contribution in [0.3, 0.4) is 0 Å². The van der Waals surface area contributed by atoms with Crippen molar-refractivity contribution in [2.24, 2.45) is 5.73 Å². The second-order valence-corrected chi connectivity index (χ2v) is 6.99. The number of nitrogens with two attached hydrogens (primary N) is 1. The third-order valence-corrected chi connectivity index (χ3v) is 4.62. The van der Waals surface area contributed by atoms with Crippen LogP contribution < -0.4 is 26.4 Å². The number of amides is 3. The zero-order valence-corrected chi connectivity index (χ0v) is 18.6. The van der Waals surface area contributed by atoms with Gasteiger partial charge in [-0.05, 0) is 37.3 Å². The second kappa shape index (κ2) is 12.7. The fourth-order valence-electron chi connectivity index (χ4n) is 3.05. The van der Waals surface area contributed by atoms with Gasteiger partial charge in [0, 0.05) is 23.4 Å². The van der Waals surface area contributed by atoms with Crippen molar-refractivity contribution >= 4 is 29.4 Å². The van der Waals surface area contributed by atoms with Crippen LogP contribution in [0.4, 0.5) is 10.5 Å². The minimum Gasteiger partial charge on any atom is -0.496 e. The molecule has 176 valence electrons. The van der Waals surface area contributed by atoms with E-state index in [1.54, 1.807) is 55.5 Å². The average Bonchev–Trinajstić information content (AvgIpc) is 2.79. The summed E-state index contributed by atoms with van der Waals surface area (Å²) in [6.07, 6.45) is -0.0109. The highest BCUT2D eigenvalue weighted by molar-refractivity contribution is 5.96. The fraction of sp³-hybridized carbons (Fsp3) is 0.304. The first-order chi connectivity index (χ1) is 15.8. The predicted molar refractivity (Wildman–Crippen MR) is 124 cm³/mol. The van der Waals surface area contributed by atoms with Crippen molar-refractivity contribution in [3.8, 4) is 5.75 Å². The van der Waals surface area contributed by atoms with E-state index in [9.17, 15) is 14.4 Å². The van der Waals surface area contributed by atoms with Gasteiger partial charge < -0.3 is 31.2 Å². The van der Waals surface area contributed by atoms with Crippen LogP contribution in [0, 0.1) is 5.41 Å². The van der Waals surface area contributed by atoms with Gasteiger partial charge in [0.15, 0.2) is 0 Å². The lowest BCUT2D eigenvalue weighted by Gasteiger charge is -2.21. The summed E-state index contributed by atoms with van der Waals surface area (Å²) >= 11 is 0. The molecule has 0 spiro atoms. The molecule has 0 heterocycles. The lowest BCUT2D eigenvalue weighted by molar-refractivity contribution is -0.143. The second-order valence-electron chi connectivity index (χ2n) is 6.99. The molecule has 3 amide bonds. The highest BCUT2D eigenvalue weighted by Crippen LogP contribution is 2.27. The van der Waals surface area contributed by atoms with Crippen LogP contribution in [0.1, 0.15) is 36.9 Å². The molecular formula is C23H29N5O5. The van der Waals surface area contributed by atoms with Gasteiger partial charge in [-0.2, -0.15) is 0 Å². The molecular weight excluding hydrogens is 426 g/mol. The maximum absolute atomic E-state index is 12.6. The van der Waals surface area contributed by atoms with Crippen molar-refractivity contribution in [1.82, 2.24) is 10.6 Å². The van der Waals surface area contributed by atoms with E-state index < -0.39 is 18.0 Å². The molecule has 0 bridgehead atoms. The zero-order chi connectivity index (χ0) is 24.2. The van der Waals surface area contributed by atoms with E-state index in [2.05, 4.69) is 16.0 Å². The van der Waals surface area contributed by atoms with Crippen LogP contribution in [0.2, 0.25) is 0 Å². The van der Waals surface area contributed by atoms with Gasteiger partial charge in [-0.15, -0.1) is 0 Å². The summed E-state index contributed by atoms with van der Waals surface area (Å²) in [5, 5.41) is 15.6. The quantitative estimate of drug-likeness (QED) is 0.199. The number of carbonyl (C=O) groups excluding carboxylic acids is 3. The number of methoxy groups -OCH3 is 1. The monoisotopic (exact) mass is 455 g/mol. The van der Waals surface area contributed by atoms with Gasteiger partial charge in [-0.3, -0.25) is 15.0 Å².